The second-order valence-electron chi connectivity index (χ2n) is 8.86. The molecule has 0 aromatic heterocycles. The predicted octanol–water partition coefficient (Wildman–Crippen LogP) is 6.75. The van der Waals surface area contributed by atoms with Crippen LogP contribution in [0.3, 0.4) is 0 Å². The van der Waals surface area contributed by atoms with Crippen molar-refractivity contribution in [2.75, 3.05) is 13.2 Å². The second-order valence-corrected chi connectivity index (χ2v) is 8.86. The van der Waals surface area contributed by atoms with Gasteiger partial charge in [0.05, 0.1) is 24.3 Å². The zero-order chi connectivity index (χ0) is 27.9. The second kappa shape index (κ2) is 15.8. The van der Waals surface area contributed by atoms with Gasteiger partial charge in [0.25, 0.3) is 0 Å². The summed E-state index contributed by atoms with van der Waals surface area (Å²) in [5.41, 5.74) is 2.05. The van der Waals surface area contributed by atoms with Crippen molar-refractivity contribution < 1.29 is 33.3 Å². The average Bonchev–Trinajstić information content (AvgIpc) is 2.97. The summed E-state index contributed by atoms with van der Waals surface area (Å²) in [6, 6.07) is 20.4. The number of aryl methyl sites for hydroxylation is 1. The molecule has 0 bridgehead atoms. The van der Waals surface area contributed by atoms with Crippen LogP contribution in [-0.4, -0.2) is 31.1 Å². The van der Waals surface area contributed by atoms with Crippen LogP contribution in [-0.2, 0) is 16.0 Å². The van der Waals surface area contributed by atoms with Gasteiger partial charge in [-0.1, -0.05) is 32.1 Å². The Balaban J connectivity index is 1.40. The number of benzene rings is 3. The van der Waals surface area contributed by atoms with Crippen molar-refractivity contribution >= 4 is 17.9 Å². The summed E-state index contributed by atoms with van der Waals surface area (Å²) in [5.74, 6) is -0.0384. The van der Waals surface area contributed by atoms with E-state index < -0.39 is 17.9 Å². The van der Waals surface area contributed by atoms with E-state index in [-0.39, 0.29) is 0 Å². The van der Waals surface area contributed by atoms with Gasteiger partial charge in [0, 0.05) is 6.08 Å². The van der Waals surface area contributed by atoms with Gasteiger partial charge in [-0.3, -0.25) is 0 Å². The number of esters is 3. The normalized spacial score (nSPS) is 10.4. The quantitative estimate of drug-likeness (QED) is 0.0930. The minimum absolute atomic E-state index is 0.333. The Hall–Kier alpha value is -4.39. The van der Waals surface area contributed by atoms with Crippen LogP contribution in [0.15, 0.2) is 85.5 Å². The van der Waals surface area contributed by atoms with Crippen molar-refractivity contribution in [2.24, 2.45) is 0 Å². The fourth-order valence-corrected chi connectivity index (χ4v) is 3.59. The summed E-state index contributed by atoms with van der Waals surface area (Å²) in [4.78, 5) is 35.9. The van der Waals surface area contributed by atoms with Crippen molar-refractivity contribution in [1.29, 1.82) is 0 Å². The molecule has 0 aliphatic carbocycles. The van der Waals surface area contributed by atoms with Gasteiger partial charge in [-0.25, -0.2) is 14.4 Å². The Bertz CT molecular complexity index is 1210. The van der Waals surface area contributed by atoms with E-state index in [4.69, 9.17) is 18.9 Å². The molecule has 0 atom stereocenters. The molecule has 0 aliphatic rings. The molecular weight excluding hydrogens is 496 g/mol. The van der Waals surface area contributed by atoms with E-state index in [2.05, 4.69) is 13.5 Å². The van der Waals surface area contributed by atoms with E-state index in [1.807, 2.05) is 12.1 Å². The molecule has 0 aliphatic heterocycles. The molecule has 0 fully saturated rings. The van der Waals surface area contributed by atoms with Crippen LogP contribution in [0.5, 0.6) is 17.2 Å². The van der Waals surface area contributed by atoms with Crippen molar-refractivity contribution in [3.63, 3.8) is 0 Å². The molecule has 3 rings (SSSR count). The molecule has 0 N–H and O–H groups in total. The van der Waals surface area contributed by atoms with Gasteiger partial charge < -0.3 is 18.9 Å². The third-order valence-corrected chi connectivity index (χ3v) is 5.81. The van der Waals surface area contributed by atoms with Gasteiger partial charge in [-0.15, -0.1) is 0 Å². The fraction of sp³-hybridized carbons (Fsp3) is 0.281. The number of hydrogen-bond donors (Lipinski definition) is 0. The molecule has 3 aromatic rings. The van der Waals surface area contributed by atoms with Gasteiger partial charge in [0.1, 0.15) is 17.2 Å². The Kier molecular flexibility index (Phi) is 11.8. The first-order chi connectivity index (χ1) is 19.0. The van der Waals surface area contributed by atoms with Gasteiger partial charge >= 0.3 is 17.9 Å². The summed E-state index contributed by atoms with van der Waals surface area (Å²) in [6.07, 6.45) is 6.80. The number of ether oxygens (including phenoxy) is 4. The Morgan fingerprint density at radius 1 is 0.667 bits per heavy atom. The van der Waals surface area contributed by atoms with Crippen LogP contribution in [0, 0.1) is 0 Å². The number of rotatable bonds is 15. The van der Waals surface area contributed by atoms with Crippen LogP contribution < -0.4 is 14.2 Å². The Morgan fingerprint density at radius 2 is 1.18 bits per heavy atom. The molecule has 0 saturated heterocycles. The maximum absolute atomic E-state index is 12.5. The van der Waals surface area contributed by atoms with Crippen LogP contribution in [0.2, 0.25) is 0 Å². The minimum atomic E-state index is -0.511. The molecule has 0 radical (unpaired) electrons. The maximum Gasteiger partial charge on any atom is 0.343 e. The third-order valence-electron chi connectivity index (χ3n) is 5.81. The standard InChI is InChI=1S/C32H34O7/c1-3-5-9-24-10-12-25(13-11-24)31(34)38-28-18-20-29(21-19-28)39-32(35)26-14-16-27(17-15-26)36-22-7-6-8-23-37-30(33)4-2/h4,10-21H,2-3,5-9,22-23H2,1H3. The number of unbranched alkanes of at least 4 members (excludes halogenated alkanes) is 3. The van der Waals surface area contributed by atoms with Gasteiger partial charge in [0.2, 0.25) is 0 Å². The number of carbonyl (C=O) groups excluding carboxylic acids is 3. The van der Waals surface area contributed by atoms with Crippen LogP contribution >= 0.6 is 0 Å². The fourth-order valence-electron chi connectivity index (χ4n) is 3.59. The zero-order valence-corrected chi connectivity index (χ0v) is 22.2. The lowest BCUT2D eigenvalue weighted by atomic mass is 10.1. The highest BCUT2D eigenvalue weighted by Gasteiger charge is 2.11. The molecule has 0 heterocycles. The largest absolute Gasteiger partial charge is 0.494 e. The minimum Gasteiger partial charge on any atom is -0.494 e. The first-order valence-corrected chi connectivity index (χ1v) is 13.1. The third kappa shape index (κ3) is 10.1. The number of hydrogen-bond acceptors (Lipinski definition) is 7. The summed E-state index contributed by atoms with van der Waals surface area (Å²) in [7, 11) is 0. The highest BCUT2D eigenvalue weighted by molar-refractivity contribution is 5.92. The van der Waals surface area contributed by atoms with Crippen LogP contribution in [0.4, 0.5) is 0 Å². The lowest BCUT2D eigenvalue weighted by Crippen LogP contribution is -2.09. The van der Waals surface area contributed by atoms with E-state index >= 15 is 0 Å². The Morgan fingerprint density at radius 3 is 1.72 bits per heavy atom. The van der Waals surface area contributed by atoms with Crippen molar-refractivity contribution in [3.8, 4) is 17.2 Å². The molecule has 0 saturated carbocycles. The molecule has 204 valence electrons. The lowest BCUT2D eigenvalue weighted by molar-refractivity contribution is -0.137. The molecule has 39 heavy (non-hydrogen) atoms. The van der Waals surface area contributed by atoms with E-state index in [0.717, 1.165) is 44.6 Å². The van der Waals surface area contributed by atoms with Crippen molar-refractivity contribution in [1.82, 2.24) is 0 Å². The summed E-state index contributed by atoms with van der Waals surface area (Å²) < 4.78 is 21.5. The Labute approximate surface area is 229 Å². The molecule has 0 amide bonds. The van der Waals surface area contributed by atoms with Crippen molar-refractivity contribution in [3.05, 3.63) is 102 Å². The molecule has 0 unspecified atom stereocenters. The SMILES string of the molecule is C=CC(=O)OCCCCCOc1ccc(C(=O)Oc2ccc(OC(=O)c3ccc(CCCC)cc3)cc2)cc1. The maximum atomic E-state index is 12.5. The molecule has 7 nitrogen and oxygen atoms in total. The zero-order valence-electron chi connectivity index (χ0n) is 22.2. The lowest BCUT2D eigenvalue weighted by Gasteiger charge is -2.09. The monoisotopic (exact) mass is 530 g/mol. The van der Waals surface area contributed by atoms with E-state index in [9.17, 15) is 14.4 Å². The van der Waals surface area contributed by atoms with Crippen molar-refractivity contribution in [2.45, 2.75) is 45.4 Å². The predicted molar refractivity (Wildman–Crippen MR) is 148 cm³/mol. The highest BCUT2D eigenvalue weighted by atomic mass is 16.5. The molecular formula is C32H34O7. The van der Waals surface area contributed by atoms with E-state index in [0.29, 0.717) is 41.6 Å². The molecule has 3 aromatic carbocycles. The summed E-state index contributed by atoms with van der Waals surface area (Å²) >= 11 is 0. The van der Waals surface area contributed by atoms with Crippen LogP contribution in [0.25, 0.3) is 0 Å². The summed E-state index contributed by atoms with van der Waals surface area (Å²) in [6.45, 7) is 6.37. The molecule has 0 spiro atoms. The first kappa shape index (κ1) is 29.2. The van der Waals surface area contributed by atoms with Crippen LogP contribution in [0.1, 0.15) is 65.3 Å². The average molecular weight is 531 g/mol. The smallest absolute Gasteiger partial charge is 0.343 e. The van der Waals surface area contributed by atoms with Gasteiger partial charge in [-0.2, -0.15) is 0 Å². The highest BCUT2D eigenvalue weighted by Crippen LogP contribution is 2.21. The van der Waals surface area contributed by atoms with Gasteiger partial charge in [-0.05, 0) is 98.3 Å². The van der Waals surface area contributed by atoms with E-state index in [1.165, 1.54) is 5.56 Å². The van der Waals surface area contributed by atoms with Gasteiger partial charge in [0.15, 0.2) is 0 Å². The first-order valence-electron chi connectivity index (χ1n) is 13.1. The number of carbonyl (C=O) groups is 3. The topological polar surface area (TPSA) is 88.1 Å². The van der Waals surface area contributed by atoms with E-state index in [1.54, 1.807) is 60.7 Å². The molecule has 7 heteroatoms. The summed E-state index contributed by atoms with van der Waals surface area (Å²) in [5, 5.41) is 0.